The van der Waals surface area contributed by atoms with E-state index in [1.54, 1.807) is 7.11 Å². The normalized spacial score (nSPS) is 16.5. The van der Waals surface area contributed by atoms with Crippen LogP contribution in [-0.2, 0) is 14.3 Å². The van der Waals surface area contributed by atoms with Gasteiger partial charge in [-0.25, -0.2) is 0 Å². The summed E-state index contributed by atoms with van der Waals surface area (Å²) in [5.74, 6) is 0.216. The second-order valence-corrected chi connectivity index (χ2v) is 10.7. The first-order valence-corrected chi connectivity index (χ1v) is 10.2. The molecule has 0 saturated carbocycles. The van der Waals surface area contributed by atoms with Crippen molar-refractivity contribution in [2.45, 2.75) is 113 Å². The molecule has 0 aromatic carbocycles. The minimum Gasteiger partial charge on any atom is -0.379 e. The third-order valence-corrected chi connectivity index (χ3v) is 6.93. The van der Waals surface area contributed by atoms with Crippen LogP contribution in [0.3, 0.4) is 0 Å². The summed E-state index contributed by atoms with van der Waals surface area (Å²) in [7, 11) is 1.71. The fourth-order valence-electron chi connectivity index (χ4n) is 3.48. The summed E-state index contributed by atoms with van der Waals surface area (Å²) in [6.45, 7) is 24.0. The lowest BCUT2D eigenvalue weighted by Gasteiger charge is -2.49. The van der Waals surface area contributed by atoms with Gasteiger partial charge >= 0.3 is 0 Å². The summed E-state index contributed by atoms with van der Waals surface area (Å²) in [5, 5.41) is 0. The Morgan fingerprint density at radius 3 is 1.73 bits per heavy atom. The molecular weight excluding hydrogens is 324 g/mol. The molecule has 0 N–H and O–H groups in total. The van der Waals surface area contributed by atoms with Gasteiger partial charge in [-0.1, -0.05) is 61.3 Å². The summed E-state index contributed by atoms with van der Waals surface area (Å²) in [4.78, 5) is 13.8. The molecule has 0 radical (unpaired) electrons. The molecule has 0 saturated heterocycles. The molecule has 0 aliphatic rings. The summed E-state index contributed by atoms with van der Waals surface area (Å²) in [5.41, 5.74) is -1.47. The van der Waals surface area contributed by atoms with Gasteiger partial charge in [0.25, 0.3) is 0 Å². The Labute approximate surface area is 163 Å². The van der Waals surface area contributed by atoms with Crippen LogP contribution in [0.25, 0.3) is 0 Å². The molecule has 1 atom stereocenters. The van der Waals surface area contributed by atoms with Crippen molar-refractivity contribution in [3.63, 3.8) is 0 Å². The average molecular weight is 371 g/mol. The van der Waals surface area contributed by atoms with E-state index >= 15 is 0 Å². The van der Waals surface area contributed by atoms with Gasteiger partial charge in [0.15, 0.2) is 5.78 Å². The first-order chi connectivity index (χ1) is 11.5. The van der Waals surface area contributed by atoms with Crippen molar-refractivity contribution in [2.75, 3.05) is 13.7 Å². The van der Waals surface area contributed by atoms with Crippen LogP contribution >= 0.6 is 0 Å². The minimum atomic E-state index is -0.811. The van der Waals surface area contributed by atoms with Crippen LogP contribution in [0.2, 0.25) is 0 Å². The number of carbonyl (C=O) groups excluding carboxylic acids is 1. The molecule has 3 heteroatoms. The van der Waals surface area contributed by atoms with E-state index in [2.05, 4.69) is 48.5 Å². The summed E-state index contributed by atoms with van der Waals surface area (Å²) in [6, 6.07) is 0. The quantitative estimate of drug-likeness (QED) is 0.397. The van der Waals surface area contributed by atoms with E-state index < -0.39 is 11.0 Å². The van der Waals surface area contributed by atoms with E-state index in [1.165, 1.54) is 0 Å². The molecule has 0 bridgehead atoms. The highest BCUT2D eigenvalue weighted by Gasteiger charge is 2.52. The van der Waals surface area contributed by atoms with Crippen LogP contribution in [0, 0.1) is 16.2 Å². The van der Waals surface area contributed by atoms with E-state index in [-0.39, 0.29) is 22.2 Å². The highest BCUT2D eigenvalue weighted by Crippen LogP contribution is 2.52. The van der Waals surface area contributed by atoms with Crippen molar-refractivity contribution in [3.8, 4) is 0 Å². The smallest absolute Gasteiger partial charge is 0.170 e. The van der Waals surface area contributed by atoms with Crippen LogP contribution in [0.5, 0.6) is 0 Å². The van der Waals surface area contributed by atoms with Crippen LogP contribution < -0.4 is 0 Å². The molecule has 0 aromatic heterocycles. The zero-order valence-corrected chi connectivity index (χ0v) is 19.8. The van der Waals surface area contributed by atoms with Gasteiger partial charge < -0.3 is 9.47 Å². The molecule has 1 unspecified atom stereocenters. The summed E-state index contributed by atoms with van der Waals surface area (Å²) >= 11 is 0. The first kappa shape index (κ1) is 25.6. The minimum absolute atomic E-state index is 0.0943. The zero-order chi connectivity index (χ0) is 21.0. The van der Waals surface area contributed by atoms with Gasteiger partial charge in [0.1, 0.15) is 5.60 Å². The maximum Gasteiger partial charge on any atom is 0.170 e. The van der Waals surface area contributed by atoms with Crippen LogP contribution in [-0.4, -0.2) is 30.7 Å². The van der Waals surface area contributed by atoms with Gasteiger partial charge in [-0.15, -0.1) is 0 Å². The predicted molar refractivity (Wildman–Crippen MR) is 112 cm³/mol. The molecule has 156 valence electrons. The lowest BCUT2D eigenvalue weighted by Crippen LogP contribution is -2.53. The molecule has 0 aliphatic carbocycles. The lowest BCUT2D eigenvalue weighted by molar-refractivity contribution is -0.162. The largest absolute Gasteiger partial charge is 0.379 e. The molecule has 3 nitrogen and oxygen atoms in total. The average Bonchev–Trinajstić information content (AvgIpc) is 2.53. The molecule has 0 fully saturated rings. The monoisotopic (exact) mass is 370 g/mol. The number of methoxy groups -OCH3 is 1. The van der Waals surface area contributed by atoms with Gasteiger partial charge in [0, 0.05) is 12.5 Å². The van der Waals surface area contributed by atoms with Gasteiger partial charge in [0.2, 0.25) is 0 Å². The first-order valence-electron chi connectivity index (χ1n) is 10.2. The lowest BCUT2D eigenvalue weighted by atomic mass is 9.55. The van der Waals surface area contributed by atoms with Crippen molar-refractivity contribution in [1.29, 1.82) is 0 Å². The Kier molecular flexibility index (Phi) is 8.59. The highest BCUT2D eigenvalue weighted by atomic mass is 16.5. The summed E-state index contributed by atoms with van der Waals surface area (Å²) in [6.07, 6.45) is 3.64. The number of ketones is 1. The van der Waals surface area contributed by atoms with Gasteiger partial charge in [-0.3, -0.25) is 4.79 Å². The molecule has 0 amide bonds. The molecule has 0 spiro atoms. The third kappa shape index (κ3) is 6.34. The van der Waals surface area contributed by atoms with Crippen LogP contribution in [0.4, 0.5) is 0 Å². The Morgan fingerprint density at radius 2 is 1.35 bits per heavy atom. The molecule has 0 heterocycles. The molecule has 0 rings (SSSR count). The standard InChI is InChI=1S/C23H46O3/c1-13-19(3,4)17-23(11,20(5,6)14-2)18(24)22(9,10)26-16-15-21(7,8)25-12/h13-17H2,1-12H3. The number of hydrogen-bond donors (Lipinski definition) is 0. The fraction of sp³-hybridized carbons (Fsp3) is 0.957. The van der Waals surface area contributed by atoms with Crippen molar-refractivity contribution >= 4 is 5.78 Å². The number of Topliss-reactive ketones (excluding diaryl/α,β-unsaturated/α-hetero) is 1. The molecular formula is C23H46O3. The Morgan fingerprint density at radius 1 is 0.846 bits per heavy atom. The maximum absolute atomic E-state index is 13.8. The SMILES string of the molecule is CCC(C)(C)CC(C)(C(=O)C(C)(C)OCCC(C)(C)OC)C(C)(C)CC. The summed E-state index contributed by atoms with van der Waals surface area (Å²) < 4.78 is 11.6. The molecule has 0 aromatic rings. The highest BCUT2D eigenvalue weighted by molar-refractivity contribution is 5.92. The van der Waals surface area contributed by atoms with Crippen molar-refractivity contribution in [3.05, 3.63) is 0 Å². The van der Waals surface area contributed by atoms with Crippen LogP contribution in [0.1, 0.15) is 102 Å². The third-order valence-electron chi connectivity index (χ3n) is 6.93. The fourth-order valence-corrected chi connectivity index (χ4v) is 3.48. The van der Waals surface area contributed by atoms with Crippen LogP contribution in [0.15, 0.2) is 0 Å². The second kappa shape index (κ2) is 8.73. The van der Waals surface area contributed by atoms with E-state index in [1.807, 2.05) is 27.7 Å². The Hall–Kier alpha value is -0.410. The van der Waals surface area contributed by atoms with Crippen molar-refractivity contribution in [1.82, 2.24) is 0 Å². The maximum atomic E-state index is 13.8. The number of ether oxygens (including phenoxy) is 2. The number of carbonyl (C=O) groups is 1. The zero-order valence-electron chi connectivity index (χ0n) is 19.8. The Bertz CT molecular complexity index is 460. The van der Waals surface area contributed by atoms with E-state index in [0.717, 1.165) is 25.7 Å². The molecule has 26 heavy (non-hydrogen) atoms. The number of hydrogen-bond acceptors (Lipinski definition) is 3. The van der Waals surface area contributed by atoms with E-state index in [4.69, 9.17) is 9.47 Å². The van der Waals surface area contributed by atoms with Gasteiger partial charge in [-0.2, -0.15) is 0 Å². The second-order valence-electron chi connectivity index (χ2n) is 10.7. The topological polar surface area (TPSA) is 35.5 Å². The van der Waals surface area contributed by atoms with Crippen molar-refractivity contribution < 1.29 is 14.3 Å². The van der Waals surface area contributed by atoms with Gasteiger partial charge in [-0.05, 0) is 51.4 Å². The molecule has 0 aliphatic heterocycles. The van der Waals surface area contributed by atoms with Gasteiger partial charge in [0.05, 0.1) is 12.2 Å². The van der Waals surface area contributed by atoms with Crippen molar-refractivity contribution in [2.24, 2.45) is 16.2 Å². The number of rotatable bonds is 12. The van der Waals surface area contributed by atoms with E-state index in [0.29, 0.717) is 6.61 Å². The van der Waals surface area contributed by atoms with E-state index in [9.17, 15) is 4.79 Å². The Balaban J connectivity index is 5.58. The predicted octanol–water partition coefficient (Wildman–Crippen LogP) is 6.43.